The maximum absolute atomic E-state index is 12.1. The molecule has 0 spiro atoms. The molecule has 0 bridgehead atoms. The summed E-state index contributed by atoms with van der Waals surface area (Å²) in [5.74, 6) is -0.650. The van der Waals surface area contributed by atoms with Crippen LogP contribution in [0.4, 0.5) is 13.2 Å². The third kappa shape index (κ3) is 4.93. The summed E-state index contributed by atoms with van der Waals surface area (Å²) in [7, 11) is 1.10. The number of rotatable bonds is 4. The standard InChI is InChI=1S/C11H11ClF3NO2/c1-18-9(6-11(13,14)15)16-10(17)7-2-4-8(12)5-3-7/h2-5,9H,6H2,1H3,(H,16,17)/t9-/m0/s1. The summed E-state index contributed by atoms with van der Waals surface area (Å²) in [6, 6.07) is 5.78. The second-order valence-electron chi connectivity index (χ2n) is 3.52. The van der Waals surface area contributed by atoms with Crippen molar-refractivity contribution < 1.29 is 22.7 Å². The molecule has 0 aliphatic rings. The lowest BCUT2D eigenvalue weighted by Crippen LogP contribution is -2.39. The predicted octanol–water partition coefficient (Wildman–Crippen LogP) is 2.99. The summed E-state index contributed by atoms with van der Waals surface area (Å²) in [6.07, 6.45) is -7.07. The minimum absolute atomic E-state index is 0.212. The van der Waals surface area contributed by atoms with Gasteiger partial charge in [0.2, 0.25) is 0 Å². The van der Waals surface area contributed by atoms with Gasteiger partial charge in [0, 0.05) is 17.7 Å². The molecular formula is C11H11ClF3NO2. The van der Waals surface area contributed by atoms with Crippen LogP contribution in [0.25, 0.3) is 0 Å². The van der Waals surface area contributed by atoms with Gasteiger partial charge in [-0.05, 0) is 24.3 Å². The fourth-order valence-electron chi connectivity index (χ4n) is 1.23. The average molecular weight is 282 g/mol. The Balaban J connectivity index is 2.65. The highest BCUT2D eigenvalue weighted by atomic mass is 35.5. The lowest BCUT2D eigenvalue weighted by molar-refractivity contribution is -0.159. The van der Waals surface area contributed by atoms with Crippen molar-refractivity contribution in [3.05, 3.63) is 34.9 Å². The normalized spacial score (nSPS) is 13.2. The summed E-state index contributed by atoms with van der Waals surface area (Å²) in [6.45, 7) is 0. The quantitative estimate of drug-likeness (QED) is 0.862. The second-order valence-corrected chi connectivity index (χ2v) is 3.96. The van der Waals surface area contributed by atoms with E-state index < -0.39 is 24.7 Å². The Morgan fingerprint density at radius 3 is 2.39 bits per heavy atom. The van der Waals surface area contributed by atoms with E-state index in [-0.39, 0.29) is 5.56 Å². The number of methoxy groups -OCH3 is 1. The van der Waals surface area contributed by atoms with Gasteiger partial charge in [0.1, 0.15) is 6.23 Å². The number of carbonyl (C=O) groups is 1. The van der Waals surface area contributed by atoms with E-state index >= 15 is 0 Å². The molecule has 0 unspecified atom stereocenters. The van der Waals surface area contributed by atoms with Crippen LogP contribution in [-0.4, -0.2) is 25.4 Å². The Hall–Kier alpha value is -1.27. The van der Waals surface area contributed by atoms with Crippen LogP contribution < -0.4 is 5.32 Å². The largest absolute Gasteiger partial charge is 0.393 e. The van der Waals surface area contributed by atoms with Gasteiger partial charge in [-0.3, -0.25) is 4.79 Å². The fourth-order valence-corrected chi connectivity index (χ4v) is 1.36. The van der Waals surface area contributed by atoms with Crippen molar-refractivity contribution in [1.29, 1.82) is 0 Å². The molecule has 0 saturated carbocycles. The Labute approximate surface area is 107 Å². The van der Waals surface area contributed by atoms with Gasteiger partial charge < -0.3 is 10.1 Å². The molecule has 1 amide bonds. The second kappa shape index (κ2) is 6.06. The molecule has 7 heteroatoms. The number of alkyl halides is 3. The van der Waals surface area contributed by atoms with Crippen LogP contribution in [0.2, 0.25) is 5.02 Å². The molecule has 1 aromatic rings. The molecule has 1 rings (SSSR count). The number of hydrogen-bond acceptors (Lipinski definition) is 2. The number of amides is 1. The van der Waals surface area contributed by atoms with E-state index in [0.29, 0.717) is 5.02 Å². The molecular weight excluding hydrogens is 271 g/mol. The number of carbonyl (C=O) groups excluding carboxylic acids is 1. The zero-order valence-corrected chi connectivity index (χ0v) is 10.2. The Morgan fingerprint density at radius 1 is 1.39 bits per heavy atom. The summed E-state index contributed by atoms with van der Waals surface area (Å²) in [4.78, 5) is 11.6. The zero-order valence-electron chi connectivity index (χ0n) is 9.42. The van der Waals surface area contributed by atoms with E-state index in [1.165, 1.54) is 24.3 Å². The lowest BCUT2D eigenvalue weighted by Gasteiger charge is -2.18. The summed E-state index contributed by atoms with van der Waals surface area (Å²) < 4.78 is 41.0. The van der Waals surface area contributed by atoms with Gasteiger partial charge in [0.05, 0.1) is 6.42 Å². The van der Waals surface area contributed by atoms with Crippen molar-refractivity contribution in [3.63, 3.8) is 0 Å². The topological polar surface area (TPSA) is 38.3 Å². The van der Waals surface area contributed by atoms with Crippen LogP contribution in [0.5, 0.6) is 0 Å². The Kier molecular flexibility index (Phi) is 4.98. The van der Waals surface area contributed by atoms with Crippen molar-refractivity contribution in [2.24, 2.45) is 0 Å². The van der Waals surface area contributed by atoms with Crippen LogP contribution in [0.1, 0.15) is 16.8 Å². The average Bonchev–Trinajstić information content (AvgIpc) is 2.27. The molecule has 0 radical (unpaired) electrons. The minimum atomic E-state index is -4.41. The summed E-state index contributed by atoms with van der Waals surface area (Å²) in [5.41, 5.74) is 0.212. The van der Waals surface area contributed by atoms with Crippen LogP contribution >= 0.6 is 11.6 Å². The van der Waals surface area contributed by atoms with E-state index in [1.807, 2.05) is 0 Å². The first kappa shape index (κ1) is 14.8. The van der Waals surface area contributed by atoms with Crippen molar-refractivity contribution in [1.82, 2.24) is 5.32 Å². The monoisotopic (exact) mass is 281 g/mol. The van der Waals surface area contributed by atoms with E-state index in [9.17, 15) is 18.0 Å². The molecule has 3 nitrogen and oxygen atoms in total. The van der Waals surface area contributed by atoms with Gasteiger partial charge in [-0.1, -0.05) is 11.6 Å². The molecule has 0 heterocycles. The van der Waals surface area contributed by atoms with Gasteiger partial charge in [-0.2, -0.15) is 13.2 Å². The van der Waals surface area contributed by atoms with Crippen molar-refractivity contribution in [3.8, 4) is 0 Å². The fraction of sp³-hybridized carbons (Fsp3) is 0.364. The maximum Gasteiger partial charge on any atom is 0.393 e. The van der Waals surface area contributed by atoms with Crippen molar-refractivity contribution in [2.75, 3.05) is 7.11 Å². The maximum atomic E-state index is 12.1. The van der Waals surface area contributed by atoms with E-state index in [1.54, 1.807) is 0 Å². The Bertz CT molecular complexity index is 406. The summed E-state index contributed by atoms with van der Waals surface area (Å²) >= 11 is 5.63. The van der Waals surface area contributed by atoms with E-state index in [4.69, 9.17) is 11.6 Å². The number of ether oxygens (including phenoxy) is 1. The van der Waals surface area contributed by atoms with E-state index in [2.05, 4.69) is 10.1 Å². The zero-order chi connectivity index (χ0) is 13.8. The molecule has 0 aromatic heterocycles. The smallest absolute Gasteiger partial charge is 0.361 e. The van der Waals surface area contributed by atoms with Gasteiger partial charge >= 0.3 is 6.18 Å². The first-order valence-electron chi connectivity index (χ1n) is 4.98. The van der Waals surface area contributed by atoms with Crippen molar-refractivity contribution in [2.45, 2.75) is 18.8 Å². The van der Waals surface area contributed by atoms with Crippen LogP contribution in [0.3, 0.4) is 0 Å². The molecule has 1 atom stereocenters. The first-order valence-corrected chi connectivity index (χ1v) is 5.35. The third-order valence-corrected chi connectivity index (χ3v) is 2.35. The SMILES string of the molecule is CO[C@@H](CC(F)(F)F)NC(=O)c1ccc(Cl)cc1. The molecule has 0 aliphatic heterocycles. The number of benzene rings is 1. The molecule has 100 valence electrons. The van der Waals surface area contributed by atoms with Crippen LogP contribution in [0, 0.1) is 0 Å². The highest BCUT2D eigenvalue weighted by Gasteiger charge is 2.32. The van der Waals surface area contributed by atoms with Gasteiger partial charge in [-0.15, -0.1) is 0 Å². The molecule has 0 saturated heterocycles. The Morgan fingerprint density at radius 2 is 1.94 bits per heavy atom. The van der Waals surface area contributed by atoms with Crippen LogP contribution in [-0.2, 0) is 4.74 Å². The molecule has 0 fully saturated rings. The van der Waals surface area contributed by atoms with Gasteiger partial charge in [0.15, 0.2) is 0 Å². The molecule has 0 aliphatic carbocycles. The molecule has 18 heavy (non-hydrogen) atoms. The van der Waals surface area contributed by atoms with Crippen molar-refractivity contribution >= 4 is 17.5 Å². The number of hydrogen-bond donors (Lipinski definition) is 1. The first-order chi connectivity index (χ1) is 8.31. The molecule has 1 N–H and O–H groups in total. The third-order valence-electron chi connectivity index (χ3n) is 2.10. The van der Waals surface area contributed by atoms with Gasteiger partial charge in [0.25, 0.3) is 5.91 Å². The van der Waals surface area contributed by atoms with Gasteiger partial charge in [-0.25, -0.2) is 0 Å². The van der Waals surface area contributed by atoms with Crippen LogP contribution in [0.15, 0.2) is 24.3 Å². The predicted molar refractivity (Wildman–Crippen MR) is 60.4 cm³/mol. The number of halogens is 4. The highest BCUT2D eigenvalue weighted by Crippen LogP contribution is 2.22. The lowest BCUT2D eigenvalue weighted by atomic mass is 10.2. The summed E-state index contributed by atoms with van der Waals surface area (Å²) in [5, 5.41) is 2.57. The number of nitrogens with one attached hydrogen (secondary N) is 1. The highest BCUT2D eigenvalue weighted by molar-refractivity contribution is 6.30. The van der Waals surface area contributed by atoms with E-state index in [0.717, 1.165) is 7.11 Å². The minimum Gasteiger partial charge on any atom is -0.361 e. The molecule has 1 aromatic carbocycles.